The van der Waals surface area contributed by atoms with E-state index >= 15 is 0 Å². The Hall–Kier alpha value is -2.42. The predicted molar refractivity (Wildman–Crippen MR) is 113 cm³/mol. The molecule has 0 radical (unpaired) electrons. The van der Waals surface area contributed by atoms with E-state index in [2.05, 4.69) is 15.2 Å². The second kappa shape index (κ2) is 10.4. The minimum atomic E-state index is -0.0193. The average molecular weight is 432 g/mol. The topological polar surface area (TPSA) is 73.1 Å². The molecule has 0 saturated carbocycles. The van der Waals surface area contributed by atoms with Crippen molar-refractivity contribution in [2.45, 2.75) is 18.6 Å². The molecule has 0 unspecified atom stereocenters. The predicted octanol–water partition coefficient (Wildman–Crippen LogP) is 3.39. The van der Waals surface area contributed by atoms with Crippen LogP contribution in [0.1, 0.15) is 11.3 Å². The molecule has 0 fully saturated rings. The molecule has 0 aliphatic rings. The van der Waals surface area contributed by atoms with Gasteiger partial charge in [-0.1, -0.05) is 35.5 Å². The molecule has 152 valence electrons. The van der Waals surface area contributed by atoms with Gasteiger partial charge in [0.25, 0.3) is 0 Å². The van der Waals surface area contributed by atoms with Crippen molar-refractivity contribution in [1.29, 1.82) is 0 Å². The lowest BCUT2D eigenvalue weighted by Crippen LogP contribution is -2.35. The van der Waals surface area contributed by atoms with Gasteiger partial charge in [0.05, 0.1) is 30.3 Å². The Morgan fingerprint density at radius 2 is 2.17 bits per heavy atom. The fourth-order valence-electron chi connectivity index (χ4n) is 2.63. The molecule has 0 spiro atoms. The highest BCUT2D eigenvalue weighted by atomic mass is 35.5. The molecule has 3 rings (SSSR count). The Morgan fingerprint density at radius 1 is 1.31 bits per heavy atom. The van der Waals surface area contributed by atoms with Gasteiger partial charge >= 0.3 is 0 Å². The summed E-state index contributed by atoms with van der Waals surface area (Å²) in [5.74, 6) is 0.212. The van der Waals surface area contributed by atoms with Crippen LogP contribution in [0.15, 0.2) is 54.1 Å². The largest absolute Gasteiger partial charge is 0.383 e. The second-order valence-corrected chi connectivity index (χ2v) is 7.68. The summed E-state index contributed by atoms with van der Waals surface area (Å²) in [7, 11) is 1.62. The van der Waals surface area contributed by atoms with E-state index in [9.17, 15) is 4.79 Å². The van der Waals surface area contributed by atoms with E-state index in [4.69, 9.17) is 16.3 Å². The third-order valence-corrected chi connectivity index (χ3v) is 5.61. The standard InChI is InChI=1S/C20H22ClN5O2S/c1-15-6-7-17(11-18(15)21)26-14-23-24-20(26)29-13-19(27)25(9-10-28-2)12-16-5-3-4-8-22-16/h3-8,11,14H,9-10,12-13H2,1-2H3. The van der Waals surface area contributed by atoms with Gasteiger partial charge in [-0.25, -0.2) is 0 Å². The van der Waals surface area contributed by atoms with Crippen LogP contribution in [0, 0.1) is 6.92 Å². The van der Waals surface area contributed by atoms with E-state index in [1.165, 1.54) is 11.8 Å². The van der Waals surface area contributed by atoms with Gasteiger partial charge in [-0.2, -0.15) is 0 Å². The van der Waals surface area contributed by atoms with Crippen molar-refractivity contribution >= 4 is 29.3 Å². The molecular formula is C20H22ClN5O2S. The minimum absolute atomic E-state index is 0.0193. The molecule has 0 aliphatic heterocycles. The Balaban J connectivity index is 1.68. The highest BCUT2D eigenvalue weighted by Crippen LogP contribution is 2.24. The first-order valence-corrected chi connectivity index (χ1v) is 10.4. The summed E-state index contributed by atoms with van der Waals surface area (Å²) in [5, 5.41) is 9.43. The van der Waals surface area contributed by atoms with Crippen LogP contribution in [0.4, 0.5) is 0 Å². The van der Waals surface area contributed by atoms with Gasteiger partial charge in [-0.05, 0) is 36.8 Å². The molecule has 1 amide bonds. The maximum absolute atomic E-state index is 12.8. The normalized spacial score (nSPS) is 10.9. The maximum Gasteiger partial charge on any atom is 0.233 e. The van der Waals surface area contributed by atoms with Gasteiger partial charge < -0.3 is 9.64 Å². The van der Waals surface area contributed by atoms with Crippen LogP contribution in [0.3, 0.4) is 0 Å². The SMILES string of the molecule is COCCN(Cc1ccccn1)C(=O)CSc1nncn1-c1ccc(C)c(Cl)c1. The molecule has 2 aromatic heterocycles. The van der Waals surface area contributed by atoms with Crippen molar-refractivity contribution in [2.75, 3.05) is 26.0 Å². The van der Waals surface area contributed by atoms with Crippen molar-refractivity contribution < 1.29 is 9.53 Å². The smallest absolute Gasteiger partial charge is 0.233 e. The molecule has 7 nitrogen and oxygen atoms in total. The van der Waals surface area contributed by atoms with E-state index in [0.29, 0.717) is 29.9 Å². The molecule has 29 heavy (non-hydrogen) atoms. The van der Waals surface area contributed by atoms with Crippen LogP contribution in [-0.4, -0.2) is 56.6 Å². The molecule has 0 bridgehead atoms. The molecule has 0 N–H and O–H groups in total. The van der Waals surface area contributed by atoms with Gasteiger partial charge in [-0.3, -0.25) is 14.3 Å². The van der Waals surface area contributed by atoms with Gasteiger partial charge in [0.2, 0.25) is 5.91 Å². The Bertz CT molecular complexity index is 951. The third kappa shape index (κ3) is 5.79. The molecule has 1 aromatic carbocycles. The van der Waals surface area contributed by atoms with Crippen LogP contribution in [0.2, 0.25) is 5.02 Å². The van der Waals surface area contributed by atoms with Gasteiger partial charge in [-0.15, -0.1) is 10.2 Å². The number of halogens is 1. The highest BCUT2D eigenvalue weighted by Gasteiger charge is 2.17. The number of amides is 1. The Morgan fingerprint density at radius 3 is 2.90 bits per heavy atom. The van der Waals surface area contributed by atoms with E-state index < -0.39 is 0 Å². The number of aryl methyl sites for hydroxylation is 1. The first kappa shape index (κ1) is 21.3. The van der Waals surface area contributed by atoms with Crippen molar-refractivity contribution in [3.8, 4) is 5.69 Å². The number of nitrogens with zero attached hydrogens (tertiary/aromatic N) is 5. The molecule has 2 heterocycles. The zero-order valence-corrected chi connectivity index (χ0v) is 17.9. The van der Waals surface area contributed by atoms with E-state index in [1.54, 1.807) is 24.5 Å². The Kier molecular flexibility index (Phi) is 7.62. The summed E-state index contributed by atoms with van der Waals surface area (Å²) in [6, 6.07) is 11.4. The highest BCUT2D eigenvalue weighted by molar-refractivity contribution is 7.99. The van der Waals surface area contributed by atoms with Crippen LogP contribution in [0.5, 0.6) is 0 Å². The first-order valence-electron chi connectivity index (χ1n) is 9.04. The molecule has 3 aromatic rings. The summed E-state index contributed by atoms with van der Waals surface area (Å²) in [4.78, 5) is 18.9. The minimum Gasteiger partial charge on any atom is -0.383 e. The zero-order chi connectivity index (χ0) is 20.6. The van der Waals surface area contributed by atoms with Crippen molar-refractivity contribution in [3.05, 3.63) is 65.2 Å². The molecule has 0 saturated heterocycles. The lowest BCUT2D eigenvalue weighted by molar-refractivity contribution is -0.129. The zero-order valence-electron chi connectivity index (χ0n) is 16.3. The van der Waals surface area contributed by atoms with E-state index in [-0.39, 0.29) is 11.7 Å². The number of carbonyl (C=O) groups excluding carboxylic acids is 1. The number of thioether (sulfide) groups is 1. The summed E-state index contributed by atoms with van der Waals surface area (Å²) >= 11 is 7.57. The first-order chi connectivity index (χ1) is 14.1. The molecule has 0 aliphatic carbocycles. The number of rotatable bonds is 9. The van der Waals surface area contributed by atoms with Crippen LogP contribution in [0.25, 0.3) is 5.69 Å². The van der Waals surface area contributed by atoms with Crippen molar-refractivity contribution in [2.24, 2.45) is 0 Å². The fourth-order valence-corrected chi connectivity index (χ4v) is 3.64. The number of pyridine rings is 1. The second-order valence-electron chi connectivity index (χ2n) is 6.33. The number of hydrogen-bond acceptors (Lipinski definition) is 6. The number of hydrogen-bond donors (Lipinski definition) is 0. The number of methoxy groups -OCH3 is 1. The summed E-state index contributed by atoms with van der Waals surface area (Å²) < 4.78 is 6.97. The molecule has 9 heteroatoms. The lowest BCUT2D eigenvalue weighted by atomic mass is 10.2. The van der Waals surface area contributed by atoms with E-state index in [1.807, 2.05) is 47.9 Å². The number of benzene rings is 1. The average Bonchev–Trinajstić information content (AvgIpc) is 3.20. The third-order valence-electron chi connectivity index (χ3n) is 4.27. The van der Waals surface area contributed by atoms with Gasteiger partial charge in [0, 0.05) is 24.9 Å². The van der Waals surface area contributed by atoms with E-state index in [0.717, 1.165) is 16.9 Å². The number of ether oxygens (including phenoxy) is 1. The van der Waals surface area contributed by atoms with Gasteiger partial charge in [0.15, 0.2) is 5.16 Å². The molecular weight excluding hydrogens is 410 g/mol. The lowest BCUT2D eigenvalue weighted by Gasteiger charge is -2.22. The van der Waals surface area contributed by atoms with Crippen molar-refractivity contribution in [3.63, 3.8) is 0 Å². The Labute approximate surface area is 179 Å². The number of carbonyl (C=O) groups is 1. The summed E-state index contributed by atoms with van der Waals surface area (Å²) in [5.41, 5.74) is 2.68. The quantitative estimate of drug-likeness (QED) is 0.483. The molecule has 0 atom stereocenters. The van der Waals surface area contributed by atoms with Crippen molar-refractivity contribution in [1.82, 2.24) is 24.6 Å². The van der Waals surface area contributed by atoms with Crippen LogP contribution in [-0.2, 0) is 16.1 Å². The number of aromatic nitrogens is 4. The van der Waals surface area contributed by atoms with Crippen LogP contribution >= 0.6 is 23.4 Å². The van der Waals surface area contributed by atoms with Gasteiger partial charge in [0.1, 0.15) is 6.33 Å². The van der Waals surface area contributed by atoms with Crippen LogP contribution < -0.4 is 0 Å². The maximum atomic E-state index is 12.8. The summed E-state index contributed by atoms with van der Waals surface area (Å²) in [6.45, 7) is 3.33. The summed E-state index contributed by atoms with van der Waals surface area (Å²) in [6.07, 6.45) is 3.34. The monoisotopic (exact) mass is 431 g/mol. The fraction of sp³-hybridized carbons (Fsp3) is 0.300.